The molecule has 23 heavy (non-hydrogen) atoms. The Morgan fingerprint density at radius 2 is 1.91 bits per heavy atom. The van der Waals surface area contributed by atoms with Crippen molar-refractivity contribution < 1.29 is 9.53 Å². The van der Waals surface area contributed by atoms with Gasteiger partial charge in [0, 0.05) is 12.5 Å². The van der Waals surface area contributed by atoms with Gasteiger partial charge in [-0.05, 0) is 55.2 Å². The van der Waals surface area contributed by atoms with Crippen LogP contribution in [0.5, 0.6) is 0 Å². The van der Waals surface area contributed by atoms with E-state index in [2.05, 4.69) is 24.9 Å². The average molecular weight is 308 g/mol. The zero-order valence-corrected chi connectivity index (χ0v) is 13.9. The number of imidazole rings is 1. The van der Waals surface area contributed by atoms with Crippen molar-refractivity contribution in [2.24, 2.45) is 0 Å². The van der Waals surface area contributed by atoms with E-state index in [0.717, 1.165) is 44.7 Å². The van der Waals surface area contributed by atoms with Crippen molar-refractivity contribution in [3.63, 3.8) is 0 Å². The number of aryl methyl sites for hydroxylation is 2. The fraction of sp³-hybridized carbons (Fsp3) is 0.263. The zero-order chi connectivity index (χ0) is 16.6. The molecule has 0 radical (unpaired) electrons. The molecule has 0 saturated carbocycles. The largest absolute Gasteiger partial charge is 0.461 e. The molecule has 118 valence electrons. The van der Waals surface area contributed by atoms with Crippen molar-refractivity contribution in [3.05, 3.63) is 52.6 Å². The number of ether oxygens (including phenoxy) is 1. The Morgan fingerprint density at radius 1 is 1.17 bits per heavy atom. The van der Waals surface area contributed by atoms with Gasteiger partial charge in [0.1, 0.15) is 12.4 Å². The fourth-order valence-corrected chi connectivity index (χ4v) is 3.06. The lowest BCUT2D eigenvalue weighted by Crippen LogP contribution is -2.05. The van der Waals surface area contributed by atoms with E-state index < -0.39 is 0 Å². The molecular weight excluding hydrogens is 288 g/mol. The van der Waals surface area contributed by atoms with Crippen LogP contribution in [0.1, 0.15) is 29.2 Å². The summed E-state index contributed by atoms with van der Waals surface area (Å²) in [7, 11) is 0. The maximum atomic E-state index is 11.1. The number of nitrogens with zero attached hydrogens (tertiary/aromatic N) is 1. The lowest BCUT2D eigenvalue weighted by molar-refractivity contribution is -0.142. The SMILES string of the molecule is CC(=O)OCc1c(C)cc(C)c(-c2nc3ccccc3[nH]2)c1C. The third kappa shape index (κ3) is 2.84. The molecule has 0 saturated heterocycles. The number of benzene rings is 2. The van der Waals surface area contributed by atoms with Gasteiger partial charge in [-0.15, -0.1) is 0 Å². The van der Waals surface area contributed by atoms with Crippen LogP contribution in [0.25, 0.3) is 22.4 Å². The Balaban J connectivity index is 2.14. The summed E-state index contributed by atoms with van der Waals surface area (Å²) in [6.45, 7) is 7.90. The monoisotopic (exact) mass is 308 g/mol. The second-order valence-corrected chi connectivity index (χ2v) is 5.87. The molecule has 0 aliphatic rings. The van der Waals surface area contributed by atoms with Crippen LogP contribution in [0.3, 0.4) is 0 Å². The summed E-state index contributed by atoms with van der Waals surface area (Å²) >= 11 is 0. The Bertz CT molecular complexity index is 861. The summed E-state index contributed by atoms with van der Waals surface area (Å²) in [6.07, 6.45) is 0. The first-order chi connectivity index (χ1) is 11.0. The molecule has 1 N–H and O–H groups in total. The van der Waals surface area contributed by atoms with Crippen LogP contribution >= 0.6 is 0 Å². The van der Waals surface area contributed by atoms with Gasteiger partial charge in [-0.2, -0.15) is 0 Å². The van der Waals surface area contributed by atoms with Gasteiger partial charge in [0.05, 0.1) is 11.0 Å². The molecule has 1 heterocycles. The molecule has 1 aromatic heterocycles. The number of fused-ring (bicyclic) bond motifs is 1. The number of esters is 1. The number of H-pyrrole nitrogens is 1. The van der Waals surface area contributed by atoms with Crippen LogP contribution in [0, 0.1) is 20.8 Å². The van der Waals surface area contributed by atoms with Gasteiger partial charge in [0.15, 0.2) is 0 Å². The predicted molar refractivity (Wildman–Crippen MR) is 91.2 cm³/mol. The molecule has 4 heteroatoms. The number of aromatic amines is 1. The van der Waals surface area contributed by atoms with Crippen molar-refractivity contribution in [1.29, 1.82) is 0 Å². The van der Waals surface area contributed by atoms with Gasteiger partial charge in [-0.3, -0.25) is 4.79 Å². The number of hydrogen-bond donors (Lipinski definition) is 1. The van der Waals surface area contributed by atoms with Crippen LogP contribution in [0.2, 0.25) is 0 Å². The third-order valence-corrected chi connectivity index (χ3v) is 4.18. The minimum atomic E-state index is -0.269. The van der Waals surface area contributed by atoms with Crippen molar-refractivity contribution in [3.8, 4) is 11.4 Å². The molecule has 0 aliphatic heterocycles. The maximum Gasteiger partial charge on any atom is 0.302 e. The smallest absolute Gasteiger partial charge is 0.302 e. The first-order valence-electron chi connectivity index (χ1n) is 7.65. The first-order valence-corrected chi connectivity index (χ1v) is 7.65. The van der Waals surface area contributed by atoms with Crippen LogP contribution in [-0.4, -0.2) is 15.9 Å². The Labute approximate surface area is 135 Å². The van der Waals surface area contributed by atoms with E-state index >= 15 is 0 Å². The highest BCUT2D eigenvalue weighted by Crippen LogP contribution is 2.31. The van der Waals surface area contributed by atoms with E-state index in [1.807, 2.05) is 31.2 Å². The second-order valence-electron chi connectivity index (χ2n) is 5.87. The van der Waals surface area contributed by atoms with Crippen molar-refractivity contribution >= 4 is 17.0 Å². The topological polar surface area (TPSA) is 55.0 Å². The summed E-state index contributed by atoms with van der Waals surface area (Å²) < 4.78 is 5.21. The Hall–Kier alpha value is -2.62. The van der Waals surface area contributed by atoms with Gasteiger partial charge in [0.2, 0.25) is 0 Å². The summed E-state index contributed by atoms with van der Waals surface area (Å²) in [6, 6.07) is 10.1. The number of rotatable bonds is 3. The van der Waals surface area contributed by atoms with E-state index in [1.165, 1.54) is 6.92 Å². The predicted octanol–water partition coefficient (Wildman–Crippen LogP) is 4.22. The van der Waals surface area contributed by atoms with Gasteiger partial charge >= 0.3 is 5.97 Å². The Morgan fingerprint density at radius 3 is 2.61 bits per heavy atom. The molecule has 0 bridgehead atoms. The van der Waals surface area contributed by atoms with E-state index in [9.17, 15) is 4.79 Å². The second kappa shape index (κ2) is 5.88. The molecule has 2 aromatic carbocycles. The first kappa shape index (κ1) is 15.3. The van der Waals surface area contributed by atoms with Crippen molar-refractivity contribution in [2.45, 2.75) is 34.3 Å². The lowest BCUT2D eigenvalue weighted by Gasteiger charge is -2.16. The standard InChI is InChI=1S/C19H20N2O2/c1-11-9-12(2)18(13(3)15(11)10-23-14(4)22)19-20-16-7-5-6-8-17(16)21-19/h5-9H,10H2,1-4H3,(H,20,21). The van der Waals surface area contributed by atoms with Crippen molar-refractivity contribution in [2.75, 3.05) is 0 Å². The van der Waals surface area contributed by atoms with Crippen LogP contribution < -0.4 is 0 Å². The highest BCUT2D eigenvalue weighted by atomic mass is 16.5. The van der Waals surface area contributed by atoms with E-state index in [4.69, 9.17) is 9.72 Å². The third-order valence-electron chi connectivity index (χ3n) is 4.18. The maximum absolute atomic E-state index is 11.1. The van der Waals surface area contributed by atoms with Gasteiger partial charge in [-0.1, -0.05) is 18.2 Å². The molecule has 3 rings (SSSR count). The zero-order valence-electron chi connectivity index (χ0n) is 13.9. The van der Waals surface area contributed by atoms with E-state index in [1.54, 1.807) is 0 Å². The number of para-hydroxylation sites is 2. The van der Waals surface area contributed by atoms with Crippen LogP contribution in [0.4, 0.5) is 0 Å². The molecule has 0 atom stereocenters. The summed E-state index contributed by atoms with van der Waals surface area (Å²) in [5.41, 5.74) is 7.47. The van der Waals surface area contributed by atoms with Gasteiger partial charge < -0.3 is 9.72 Å². The molecule has 0 amide bonds. The minimum Gasteiger partial charge on any atom is -0.461 e. The molecule has 4 nitrogen and oxygen atoms in total. The number of carbonyl (C=O) groups is 1. The number of hydrogen-bond acceptors (Lipinski definition) is 3. The summed E-state index contributed by atoms with van der Waals surface area (Å²) in [5, 5.41) is 0. The normalized spacial score (nSPS) is 11.0. The molecule has 0 unspecified atom stereocenters. The quantitative estimate of drug-likeness (QED) is 0.737. The number of aromatic nitrogens is 2. The molecular formula is C19H20N2O2. The molecule has 0 fully saturated rings. The summed E-state index contributed by atoms with van der Waals surface area (Å²) in [4.78, 5) is 19.2. The minimum absolute atomic E-state index is 0.269. The Kier molecular flexibility index (Phi) is 3.90. The molecule has 3 aromatic rings. The highest BCUT2D eigenvalue weighted by molar-refractivity contribution is 5.81. The number of carbonyl (C=O) groups excluding carboxylic acids is 1. The fourth-order valence-electron chi connectivity index (χ4n) is 3.06. The van der Waals surface area contributed by atoms with Crippen LogP contribution in [-0.2, 0) is 16.1 Å². The van der Waals surface area contributed by atoms with E-state index in [0.29, 0.717) is 6.61 Å². The lowest BCUT2D eigenvalue weighted by atomic mass is 9.93. The number of nitrogens with one attached hydrogen (secondary N) is 1. The van der Waals surface area contributed by atoms with Crippen molar-refractivity contribution in [1.82, 2.24) is 9.97 Å². The summed E-state index contributed by atoms with van der Waals surface area (Å²) in [5.74, 6) is 0.583. The average Bonchev–Trinajstić information content (AvgIpc) is 2.89. The van der Waals surface area contributed by atoms with Crippen LogP contribution in [0.15, 0.2) is 30.3 Å². The van der Waals surface area contributed by atoms with Gasteiger partial charge in [-0.25, -0.2) is 4.98 Å². The van der Waals surface area contributed by atoms with Gasteiger partial charge in [0.25, 0.3) is 0 Å². The molecule has 0 aliphatic carbocycles. The highest BCUT2D eigenvalue weighted by Gasteiger charge is 2.16. The molecule has 0 spiro atoms. The van der Waals surface area contributed by atoms with E-state index in [-0.39, 0.29) is 5.97 Å².